The Morgan fingerprint density at radius 2 is 2.28 bits per heavy atom. The van der Waals surface area contributed by atoms with E-state index in [0.29, 0.717) is 24.2 Å². The number of anilines is 1. The van der Waals surface area contributed by atoms with Crippen molar-refractivity contribution in [2.75, 3.05) is 11.9 Å². The SMILES string of the molecule is Cc1ccc(C#N)cc1NC(=O)NCCC(C)O. The lowest BCUT2D eigenvalue weighted by molar-refractivity contribution is 0.184. The van der Waals surface area contributed by atoms with Crippen molar-refractivity contribution in [1.82, 2.24) is 5.32 Å². The molecule has 2 amide bonds. The topological polar surface area (TPSA) is 85.2 Å². The fraction of sp³-hybridized carbons (Fsp3) is 0.385. The predicted octanol–water partition coefficient (Wildman–Crippen LogP) is 1.76. The third-order valence-electron chi connectivity index (χ3n) is 2.46. The number of benzene rings is 1. The van der Waals surface area contributed by atoms with Gasteiger partial charge in [-0.2, -0.15) is 5.26 Å². The van der Waals surface area contributed by atoms with Gasteiger partial charge in [-0.3, -0.25) is 0 Å². The first-order valence-electron chi connectivity index (χ1n) is 5.76. The van der Waals surface area contributed by atoms with Gasteiger partial charge in [-0.05, 0) is 38.0 Å². The van der Waals surface area contributed by atoms with Gasteiger partial charge >= 0.3 is 6.03 Å². The van der Waals surface area contributed by atoms with E-state index in [2.05, 4.69) is 10.6 Å². The molecule has 0 fully saturated rings. The molecule has 5 heteroatoms. The molecule has 0 aromatic heterocycles. The van der Waals surface area contributed by atoms with E-state index >= 15 is 0 Å². The lowest BCUT2D eigenvalue weighted by atomic mass is 10.1. The highest BCUT2D eigenvalue weighted by atomic mass is 16.3. The summed E-state index contributed by atoms with van der Waals surface area (Å²) in [6.07, 6.45) is 0.0684. The summed E-state index contributed by atoms with van der Waals surface area (Å²) >= 11 is 0. The van der Waals surface area contributed by atoms with E-state index in [4.69, 9.17) is 10.4 Å². The zero-order valence-electron chi connectivity index (χ0n) is 10.5. The van der Waals surface area contributed by atoms with Crippen LogP contribution in [0.25, 0.3) is 0 Å². The molecule has 0 radical (unpaired) electrons. The number of rotatable bonds is 4. The minimum atomic E-state index is -0.436. The monoisotopic (exact) mass is 247 g/mol. The molecule has 1 aromatic rings. The minimum absolute atomic E-state index is 0.339. The van der Waals surface area contributed by atoms with Gasteiger partial charge in [0.25, 0.3) is 0 Å². The van der Waals surface area contributed by atoms with Crippen LogP contribution in [-0.4, -0.2) is 23.8 Å². The molecular weight excluding hydrogens is 230 g/mol. The van der Waals surface area contributed by atoms with Crippen molar-refractivity contribution in [3.8, 4) is 6.07 Å². The van der Waals surface area contributed by atoms with Crippen molar-refractivity contribution in [1.29, 1.82) is 5.26 Å². The molecule has 0 aliphatic rings. The summed E-state index contributed by atoms with van der Waals surface area (Å²) in [5, 5.41) is 23.2. The highest BCUT2D eigenvalue weighted by Gasteiger charge is 2.05. The number of hydrogen-bond donors (Lipinski definition) is 3. The Balaban J connectivity index is 2.56. The van der Waals surface area contributed by atoms with E-state index in [1.54, 1.807) is 25.1 Å². The summed E-state index contributed by atoms with van der Waals surface area (Å²) < 4.78 is 0. The number of aryl methyl sites for hydroxylation is 1. The van der Waals surface area contributed by atoms with E-state index in [-0.39, 0.29) is 6.03 Å². The summed E-state index contributed by atoms with van der Waals surface area (Å²) in [7, 11) is 0. The maximum Gasteiger partial charge on any atom is 0.319 e. The van der Waals surface area contributed by atoms with Gasteiger partial charge in [0.1, 0.15) is 0 Å². The highest BCUT2D eigenvalue weighted by molar-refractivity contribution is 5.90. The van der Waals surface area contributed by atoms with Gasteiger partial charge < -0.3 is 15.7 Å². The Bertz CT molecular complexity index is 464. The van der Waals surface area contributed by atoms with Crippen molar-refractivity contribution in [2.24, 2.45) is 0 Å². The number of nitriles is 1. The second-order valence-corrected chi connectivity index (χ2v) is 4.16. The summed E-state index contributed by atoms with van der Waals surface area (Å²) in [5.41, 5.74) is 2.00. The molecule has 96 valence electrons. The average Bonchev–Trinajstić information content (AvgIpc) is 2.31. The van der Waals surface area contributed by atoms with Crippen molar-refractivity contribution < 1.29 is 9.90 Å². The van der Waals surface area contributed by atoms with E-state index < -0.39 is 6.10 Å². The van der Waals surface area contributed by atoms with Gasteiger partial charge in [0, 0.05) is 12.2 Å². The van der Waals surface area contributed by atoms with Crippen LogP contribution in [0.1, 0.15) is 24.5 Å². The maximum atomic E-state index is 11.6. The normalized spacial score (nSPS) is 11.4. The molecule has 0 spiro atoms. The van der Waals surface area contributed by atoms with Crippen LogP contribution in [0.2, 0.25) is 0 Å². The van der Waals surface area contributed by atoms with Crippen LogP contribution < -0.4 is 10.6 Å². The molecule has 1 rings (SSSR count). The van der Waals surface area contributed by atoms with Crippen molar-refractivity contribution in [3.63, 3.8) is 0 Å². The summed E-state index contributed by atoms with van der Waals surface area (Å²) in [5.74, 6) is 0. The van der Waals surface area contributed by atoms with Gasteiger partial charge in [0.05, 0.1) is 17.7 Å². The van der Waals surface area contributed by atoms with Gasteiger partial charge in [-0.1, -0.05) is 6.07 Å². The number of amides is 2. The smallest absolute Gasteiger partial charge is 0.319 e. The third kappa shape index (κ3) is 4.44. The van der Waals surface area contributed by atoms with Crippen LogP contribution in [0.3, 0.4) is 0 Å². The van der Waals surface area contributed by atoms with Crippen LogP contribution >= 0.6 is 0 Å². The number of nitrogens with one attached hydrogen (secondary N) is 2. The molecule has 0 aliphatic carbocycles. The summed E-state index contributed by atoms with van der Waals surface area (Å²) in [4.78, 5) is 11.6. The number of nitrogens with zero attached hydrogens (tertiary/aromatic N) is 1. The van der Waals surface area contributed by atoms with Crippen LogP contribution in [0, 0.1) is 18.3 Å². The van der Waals surface area contributed by atoms with Gasteiger partial charge in [-0.25, -0.2) is 4.79 Å². The van der Waals surface area contributed by atoms with Crippen LogP contribution in [-0.2, 0) is 0 Å². The van der Waals surface area contributed by atoms with E-state index in [0.717, 1.165) is 5.56 Å². The Labute approximate surface area is 106 Å². The van der Waals surface area contributed by atoms with E-state index in [1.807, 2.05) is 13.0 Å². The van der Waals surface area contributed by atoms with Gasteiger partial charge in [0.15, 0.2) is 0 Å². The quantitative estimate of drug-likeness (QED) is 0.757. The molecular formula is C13H17N3O2. The van der Waals surface area contributed by atoms with Crippen LogP contribution in [0.15, 0.2) is 18.2 Å². The second-order valence-electron chi connectivity index (χ2n) is 4.16. The molecule has 3 N–H and O–H groups in total. The highest BCUT2D eigenvalue weighted by Crippen LogP contribution is 2.16. The molecule has 0 bridgehead atoms. The molecule has 1 unspecified atom stereocenters. The second kappa shape index (κ2) is 6.62. The molecule has 0 heterocycles. The molecule has 0 aliphatic heterocycles. The van der Waals surface area contributed by atoms with Crippen molar-refractivity contribution >= 4 is 11.7 Å². The fourth-order valence-electron chi connectivity index (χ4n) is 1.39. The minimum Gasteiger partial charge on any atom is -0.393 e. The number of carbonyl (C=O) groups excluding carboxylic acids is 1. The van der Waals surface area contributed by atoms with E-state index in [1.165, 1.54) is 0 Å². The number of aliphatic hydroxyl groups is 1. The van der Waals surface area contributed by atoms with E-state index in [9.17, 15) is 4.79 Å². The molecule has 1 aromatic carbocycles. The molecule has 18 heavy (non-hydrogen) atoms. The van der Waals surface area contributed by atoms with Gasteiger partial charge in [0.2, 0.25) is 0 Å². The predicted molar refractivity (Wildman–Crippen MR) is 69.2 cm³/mol. The molecule has 0 saturated heterocycles. The Morgan fingerprint density at radius 3 is 2.89 bits per heavy atom. The Morgan fingerprint density at radius 1 is 1.56 bits per heavy atom. The first-order chi connectivity index (χ1) is 8.52. The summed E-state index contributed by atoms with van der Waals surface area (Å²) in [6.45, 7) is 3.92. The maximum absolute atomic E-state index is 11.6. The molecule has 5 nitrogen and oxygen atoms in total. The summed E-state index contributed by atoms with van der Waals surface area (Å²) in [6, 6.07) is 6.79. The number of hydrogen-bond acceptors (Lipinski definition) is 3. The third-order valence-corrected chi connectivity index (χ3v) is 2.46. The number of urea groups is 1. The lowest BCUT2D eigenvalue weighted by Crippen LogP contribution is -2.31. The fourth-order valence-corrected chi connectivity index (χ4v) is 1.39. The van der Waals surface area contributed by atoms with Crippen molar-refractivity contribution in [2.45, 2.75) is 26.4 Å². The van der Waals surface area contributed by atoms with Crippen LogP contribution in [0.5, 0.6) is 0 Å². The standard InChI is InChI=1S/C13H17N3O2/c1-9-3-4-11(8-14)7-12(9)16-13(18)15-6-5-10(2)17/h3-4,7,10,17H,5-6H2,1-2H3,(H2,15,16,18). The Hall–Kier alpha value is -2.06. The van der Waals surface area contributed by atoms with Gasteiger partial charge in [-0.15, -0.1) is 0 Å². The average molecular weight is 247 g/mol. The molecule has 0 saturated carbocycles. The van der Waals surface area contributed by atoms with Crippen molar-refractivity contribution in [3.05, 3.63) is 29.3 Å². The number of carbonyl (C=O) groups is 1. The zero-order valence-corrected chi connectivity index (χ0v) is 10.5. The van der Waals surface area contributed by atoms with Crippen LogP contribution in [0.4, 0.5) is 10.5 Å². The Kier molecular flexibility index (Phi) is 5.15. The number of aliphatic hydroxyl groups excluding tert-OH is 1. The lowest BCUT2D eigenvalue weighted by Gasteiger charge is -2.10. The first kappa shape index (κ1) is 14.0. The zero-order chi connectivity index (χ0) is 13.5. The largest absolute Gasteiger partial charge is 0.393 e. The first-order valence-corrected chi connectivity index (χ1v) is 5.76. The molecule has 1 atom stereocenters.